The number of ether oxygens (including phenoxy) is 1. The number of benzene rings is 3. The van der Waals surface area contributed by atoms with Crippen molar-refractivity contribution in [1.82, 2.24) is 9.55 Å². The Hall–Kier alpha value is -3.30. The normalized spacial score (nSPS) is 11.5. The number of aromatic nitrogens is 2. The molecule has 2 heterocycles. The van der Waals surface area contributed by atoms with E-state index in [1.165, 1.54) is 22.2 Å². The first-order chi connectivity index (χ1) is 16.0. The molecule has 3 aromatic carbocycles. The summed E-state index contributed by atoms with van der Waals surface area (Å²) >= 11 is 6.08. The molecule has 0 saturated carbocycles. The van der Waals surface area contributed by atoms with Crippen LogP contribution in [0.25, 0.3) is 21.8 Å². The van der Waals surface area contributed by atoms with Crippen LogP contribution in [0.4, 0.5) is 0 Å². The quantitative estimate of drug-likeness (QED) is 0.252. The summed E-state index contributed by atoms with van der Waals surface area (Å²) in [4.78, 5) is 4.72. The number of nitrogens with zero attached hydrogens (tertiary/aromatic N) is 2. The minimum atomic E-state index is 0.445. The van der Waals surface area contributed by atoms with Crippen LogP contribution in [0.1, 0.15) is 30.8 Å². The third-order valence-electron chi connectivity index (χ3n) is 5.87. The highest BCUT2D eigenvalue weighted by atomic mass is 35.5. The first-order valence-corrected chi connectivity index (χ1v) is 11.8. The highest BCUT2D eigenvalue weighted by Crippen LogP contribution is 2.28. The second kappa shape index (κ2) is 9.29. The van der Waals surface area contributed by atoms with Crippen molar-refractivity contribution >= 4 is 33.4 Å². The van der Waals surface area contributed by atoms with Crippen molar-refractivity contribution in [2.45, 2.75) is 33.4 Å². The molecule has 0 fully saturated rings. The van der Waals surface area contributed by atoms with E-state index < -0.39 is 0 Å². The van der Waals surface area contributed by atoms with Gasteiger partial charge in [0.05, 0.1) is 11.2 Å². The standard InChI is InChI=1S/C29H27ClN2O/c1-20(2)15-26-16-23-17-27(33-19-25-12-9-22-5-3-4-6-28(22)31-25)13-14-29(23)32(26)18-21-7-10-24(30)11-8-21/h3-14,16-17,20H,15,18-19H2,1-2H3. The van der Waals surface area contributed by atoms with E-state index in [4.69, 9.17) is 21.3 Å². The maximum Gasteiger partial charge on any atom is 0.130 e. The van der Waals surface area contributed by atoms with Crippen LogP contribution in [-0.4, -0.2) is 9.55 Å². The van der Waals surface area contributed by atoms with Crippen LogP contribution in [0.5, 0.6) is 5.75 Å². The molecule has 5 aromatic rings. The van der Waals surface area contributed by atoms with Crippen molar-refractivity contribution in [3.63, 3.8) is 0 Å². The summed E-state index contributed by atoms with van der Waals surface area (Å²) < 4.78 is 8.53. The molecule has 0 aliphatic heterocycles. The summed E-state index contributed by atoms with van der Waals surface area (Å²) in [7, 11) is 0. The Morgan fingerprint density at radius 1 is 0.879 bits per heavy atom. The first-order valence-electron chi connectivity index (χ1n) is 11.4. The van der Waals surface area contributed by atoms with E-state index in [1.54, 1.807) is 0 Å². The van der Waals surface area contributed by atoms with Crippen LogP contribution in [0.2, 0.25) is 5.02 Å². The van der Waals surface area contributed by atoms with Gasteiger partial charge < -0.3 is 9.30 Å². The molecule has 0 spiro atoms. The van der Waals surface area contributed by atoms with Gasteiger partial charge in [0.1, 0.15) is 12.4 Å². The van der Waals surface area contributed by atoms with E-state index >= 15 is 0 Å². The van der Waals surface area contributed by atoms with Crippen LogP contribution >= 0.6 is 11.6 Å². The Bertz CT molecular complexity index is 1400. The van der Waals surface area contributed by atoms with Gasteiger partial charge in [-0.15, -0.1) is 0 Å². The van der Waals surface area contributed by atoms with Crippen LogP contribution < -0.4 is 4.74 Å². The van der Waals surface area contributed by atoms with Crippen molar-refractivity contribution in [2.24, 2.45) is 5.92 Å². The Balaban J connectivity index is 1.41. The van der Waals surface area contributed by atoms with Gasteiger partial charge >= 0.3 is 0 Å². The molecule has 0 atom stereocenters. The molecule has 4 heteroatoms. The lowest BCUT2D eigenvalue weighted by Gasteiger charge is -2.13. The zero-order valence-corrected chi connectivity index (χ0v) is 19.7. The first kappa shape index (κ1) is 21.5. The van der Waals surface area contributed by atoms with Crippen LogP contribution in [0, 0.1) is 5.92 Å². The maximum absolute atomic E-state index is 6.12. The number of hydrogen-bond donors (Lipinski definition) is 0. The molecule has 0 N–H and O–H groups in total. The molecule has 0 aliphatic rings. The fourth-order valence-corrected chi connectivity index (χ4v) is 4.41. The number of para-hydroxylation sites is 1. The lowest BCUT2D eigenvalue weighted by molar-refractivity contribution is 0.302. The molecule has 0 radical (unpaired) electrons. The summed E-state index contributed by atoms with van der Waals surface area (Å²) in [5.41, 5.74) is 5.71. The van der Waals surface area contributed by atoms with Gasteiger partial charge in [-0.3, -0.25) is 0 Å². The number of pyridine rings is 1. The van der Waals surface area contributed by atoms with E-state index in [0.717, 1.165) is 40.3 Å². The average Bonchev–Trinajstić information content (AvgIpc) is 3.14. The molecule has 3 nitrogen and oxygen atoms in total. The zero-order chi connectivity index (χ0) is 22.8. The summed E-state index contributed by atoms with van der Waals surface area (Å²) in [6.07, 6.45) is 1.03. The summed E-state index contributed by atoms with van der Waals surface area (Å²) in [5, 5.41) is 3.10. The molecular formula is C29H27ClN2O. The van der Waals surface area contributed by atoms with E-state index in [2.05, 4.69) is 66.9 Å². The van der Waals surface area contributed by atoms with Crippen molar-refractivity contribution < 1.29 is 4.74 Å². The second-order valence-corrected chi connectivity index (χ2v) is 9.39. The van der Waals surface area contributed by atoms with Crippen molar-refractivity contribution in [3.05, 3.63) is 107 Å². The molecular weight excluding hydrogens is 428 g/mol. The Morgan fingerprint density at radius 2 is 1.70 bits per heavy atom. The van der Waals surface area contributed by atoms with Crippen molar-refractivity contribution in [1.29, 1.82) is 0 Å². The van der Waals surface area contributed by atoms with E-state index in [9.17, 15) is 0 Å². The number of halogens is 1. The smallest absolute Gasteiger partial charge is 0.130 e. The molecule has 0 amide bonds. The summed E-state index contributed by atoms with van der Waals surface area (Å²) in [5.74, 6) is 1.44. The van der Waals surface area contributed by atoms with E-state index in [-0.39, 0.29) is 0 Å². The largest absolute Gasteiger partial charge is 0.487 e. The Morgan fingerprint density at radius 3 is 2.52 bits per heavy atom. The molecule has 0 aliphatic carbocycles. The van der Waals surface area contributed by atoms with Gasteiger partial charge in [-0.25, -0.2) is 4.98 Å². The Labute approximate surface area is 199 Å². The monoisotopic (exact) mass is 454 g/mol. The van der Waals surface area contributed by atoms with Crippen LogP contribution in [-0.2, 0) is 19.6 Å². The predicted octanol–water partition coefficient (Wildman–Crippen LogP) is 7.67. The summed E-state index contributed by atoms with van der Waals surface area (Å²) in [6.45, 7) is 5.79. The zero-order valence-electron chi connectivity index (χ0n) is 19.0. The van der Waals surface area contributed by atoms with Gasteiger partial charge in [-0.05, 0) is 66.4 Å². The van der Waals surface area contributed by atoms with Crippen LogP contribution in [0.3, 0.4) is 0 Å². The van der Waals surface area contributed by atoms with Gasteiger partial charge in [0.15, 0.2) is 0 Å². The molecule has 33 heavy (non-hydrogen) atoms. The van der Waals surface area contributed by atoms with Crippen LogP contribution in [0.15, 0.2) is 84.9 Å². The number of rotatable bonds is 7. The lowest BCUT2D eigenvalue weighted by atomic mass is 10.1. The highest BCUT2D eigenvalue weighted by Gasteiger charge is 2.12. The molecule has 0 saturated heterocycles. The fourth-order valence-electron chi connectivity index (χ4n) is 4.29. The third kappa shape index (κ3) is 4.89. The van der Waals surface area contributed by atoms with Crippen molar-refractivity contribution in [2.75, 3.05) is 0 Å². The predicted molar refractivity (Wildman–Crippen MR) is 137 cm³/mol. The highest BCUT2D eigenvalue weighted by molar-refractivity contribution is 6.30. The third-order valence-corrected chi connectivity index (χ3v) is 6.12. The molecule has 166 valence electrons. The minimum absolute atomic E-state index is 0.445. The van der Waals surface area contributed by atoms with Gasteiger partial charge in [0.25, 0.3) is 0 Å². The van der Waals surface area contributed by atoms with Gasteiger partial charge in [-0.2, -0.15) is 0 Å². The molecule has 0 unspecified atom stereocenters. The fraction of sp³-hybridized carbons (Fsp3) is 0.207. The Kier molecular flexibility index (Phi) is 6.06. The van der Waals surface area contributed by atoms with E-state index in [0.29, 0.717) is 12.5 Å². The topological polar surface area (TPSA) is 27.1 Å². The SMILES string of the molecule is CC(C)Cc1cc2cc(OCc3ccc4ccccc4n3)ccc2n1Cc1ccc(Cl)cc1. The number of fused-ring (bicyclic) bond motifs is 2. The maximum atomic E-state index is 6.12. The molecule has 0 bridgehead atoms. The number of hydrogen-bond acceptors (Lipinski definition) is 2. The van der Waals surface area contributed by atoms with Crippen molar-refractivity contribution in [3.8, 4) is 5.75 Å². The average molecular weight is 455 g/mol. The summed E-state index contributed by atoms with van der Waals surface area (Å²) in [6, 6.07) is 29.0. The van der Waals surface area contributed by atoms with E-state index in [1.807, 2.05) is 36.4 Å². The van der Waals surface area contributed by atoms with Gasteiger partial charge in [-0.1, -0.05) is 61.8 Å². The second-order valence-electron chi connectivity index (χ2n) is 8.95. The van der Waals surface area contributed by atoms with Gasteiger partial charge in [0, 0.05) is 33.6 Å². The lowest BCUT2D eigenvalue weighted by Crippen LogP contribution is -2.06. The minimum Gasteiger partial charge on any atom is -0.487 e. The molecule has 2 aromatic heterocycles. The van der Waals surface area contributed by atoms with Gasteiger partial charge in [0.2, 0.25) is 0 Å². The molecule has 5 rings (SSSR count).